The molecule has 0 aromatic heterocycles. The first-order valence-electron chi connectivity index (χ1n) is 4.18. The average molecular weight is 178 g/mol. The Morgan fingerprint density at radius 2 is 2.00 bits per heavy atom. The van der Waals surface area contributed by atoms with E-state index >= 15 is 0 Å². The number of ether oxygens (including phenoxy) is 1. The molecule has 0 bridgehead atoms. The molecule has 0 radical (unpaired) electrons. The van der Waals surface area contributed by atoms with Gasteiger partial charge in [0.05, 0.1) is 0 Å². The number of carbonyl (C=O) groups is 1. The zero-order valence-corrected chi connectivity index (χ0v) is 7.01. The minimum atomic E-state index is -0.699. The molecule has 1 aliphatic rings. The standard InChI is InChI=1S/C10H10O3/c11-8-6-13-10(12)9(8)7-4-2-1-3-5-7/h1-5,8-9,11H,6H2. The maximum absolute atomic E-state index is 11.2. The summed E-state index contributed by atoms with van der Waals surface area (Å²) in [6.45, 7) is 0.110. The average Bonchev–Trinajstić information content (AvgIpc) is 2.48. The number of carbonyl (C=O) groups excluding carboxylic acids is 1. The van der Waals surface area contributed by atoms with Crippen molar-refractivity contribution in [1.29, 1.82) is 0 Å². The van der Waals surface area contributed by atoms with E-state index in [4.69, 9.17) is 4.74 Å². The summed E-state index contributed by atoms with van der Waals surface area (Å²) in [6.07, 6.45) is -0.699. The van der Waals surface area contributed by atoms with Gasteiger partial charge in [-0.05, 0) is 5.56 Å². The molecule has 1 aromatic carbocycles. The van der Waals surface area contributed by atoms with Crippen LogP contribution in [-0.2, 0) is 9.53 Å². The first-order chi connectivity index (χ1) is 6.29. The van der Waals surface area contributed by atoms with Crippen LogP contribution >= 0.6 is 0 Å². The molecule has 1 aliphatic heterocycles. The summed E-state index contributed by atoms with van der Waals surface area (Å²) in [4.78, 5) is 11.2. The van der Waals surface area contributed by atoms with Crippen molar-refractivity contribution in [3.63, 3.8) is 0 Å². The lowest BCUT2D eigenvalue weighted by Crippen LogP contribution is -2.17. The Kier molecular flexibility index (Phi) is 2.02. The van der Waals surface area contributed by atoms with Gasteiger partial charge in [0.25, 0.3) is 0 Å². The highest BCUT2D eigenvalue weighted by atomic mass is 16.6. The second kappa shape index (κ2) is 3.18. The minimum Gasteiger partial charge on any atom is -0.462 e. The summed E-state index contributed by atoms with van der Waals surface area (Å²) in [5.74, 6) is -0.833. The molecular weight excluding hydrogens is 168 g/mol. The summed E-state index contributed by atoms with van der Waals surface area (Å²) in [7, 11) is 0. The third kappa shape index (κ3) is 1.42. The molecular formula is C10H10O3. The Bertz CT molecular complexity index is 307. The zero-order valence-electron chi connectivity index (χ0n) is 7.01. The Balaban J connectivity index is 2.30. The van der Waals surface area contributed by atoms with E-state index in [0.717, 1.165) is 5.56 Å². The smallest absolute Gasteiger partial charge is 0.316 e. The van der Waals surface area contributed by atoms with E-state index in [1.54, 1.807) is 0 Å². The van der Waals surface area contributed by atoms with Crippen LogP contribution in [0.5, 0.6) is 0 Å². The summed E-state index contributed by atoms with van der Waals surface area (Å²) in [5.41, 5.74) is 0.817. The van der Waals surface area contributed by atoms with E-state index in [-0.39, 0.29) is 12.6 Å². The van der Waals surface area contributed by atoms with E-state index in [1.165, 1.54) is 0 Å². The number of hydrogen-bond donors (Lipinski definition) is 1. The maximum Gasteiger partial charge on any atom is 0.316 e. The Morgan fingerprint density at radius 1 is 1.31 bits per heavy atom. The molecule has 0 spiro atoms. The van der Waals surface area contributed by atoms with Crippen LogP contribution in [0.2, 0.25) is 0 Å². The lowest BCUT2D eigenvalue weighted by atomic mass is 9.96. The van der Waals surface area contributed by atoms with Gasteiger partial charge in [-0.15, -0.1) is 0 Å². The molecule has 0 aliphatic carbocycles. The Morgan fingerprint density at radius 3 is 2.54 bits per heavy atom. The van der Waals surface area contributed by atoms with Gasteiger partial charge in [0.1, 0.15) is 18.6 Å². The second-order valence-electron chi connectivity index (χ2n) is 3.09. The van der Waals surface area contributed by atoms with Crippen LogP contribution in [0.15, 0.2) is 30.3 Å². The van der Waals surface area contributed by atoms with Crippen LogP contribution in [0.25, 0.3) is 0 Å². The fourth-order valence-corrected chi connectivity index (χ4v) is 1.53. The normalized spacial score (nSPS) is 27.3. The molecule has 1 saturated heterocycles. The monoisotopic (exact) mass is 178 g/mol. The van der Waals surface area contributed by atoms with Gasteiger partial charge in [0, 0.05) is 0 Å². The van der Waals surface area contributed by atoms with Gasteiger partial charge < -0.3 is 9.84 Å². The third-order valence-corrected chi connectivity index (χ3v) is 2.19. The molecule has 2 rings (SSSR count). The third-order valence-electron chi connectivity index (χ3n) is 2.19. The van der Waals surface area contributed by atoms with Crippen LogP contribution in [0.1, 0.15) is 11.5 Å². The zero-order chi connectivity index (χ0) is 9.26. The molecule has 13 heavy (non-hydrogen) atoms. The van der Waals surface area contributed by atoms with Gasteiger partial charge in [-0.1, -0.05) is 30.3 Å². The molecule has 0 amide bonds. The lowest BCUT2D eigenvalue weighted by molar-refractivity contribution is -0.139. The van der Waals surface area contributed by atoms with Crippen LogP contribution in [-0.4, -0.2) is 23.8 Å². The molecule has 2 unspecified atom stereocenters. The van der Waals surface area contributed by atoms with Crippen molar-refractivity contribution in [3.05, 3.63) is 35.9 Å². The van der Waals surface area contributed by atoms with Gasteiger partial charge in [0.15, 0.2) is 0 Å². The van der Waals surface area contributed by atoms with Crippen LogP contribution < -0.4 is 0 Å². The number of aliphatic hydroxyl groups excluding tert-OH is 1. The molecule has 3 heteroatoms. The molecule has 1 fully saturated rings. The minimum absolute atomic E-state index is 0.110. The van der Waals surface area contributed by atoms with E-state index in [2.05, 4.69) is 0 Å². The van der Waals surface area contributed by atoms with Gasteiger partial charge >= 0.3 is 5.97 Å². The van der Waals surface area contributed by atoms with Crippen molar-refractivity contribution in [2.24, 2.45) is 0 Å². The van der Waals surface area contributed by atoms with Crippen molar-refractivity contribution in [3.8, 4) is 0 Å². The predicted octanol–water partition coefficient (Wildman–Crippen LogP) is 0.688. The number of rotatable bonds is 1. The van der Waals surface area contributed by atoms with Gasteiger partial charge in [-0.25, -0.2) is 0 Å². The number of aliphatic hydroxyl groups is 1. The first-order valence-corrected chi connectivity index (χ1v) is 4.18. The summed E-state index contributed by atoms with van der Waals surface area (Å²) in [5, 5.41) is 9.47. The van der Waals surface area contributed by atoms with Crippen molar-refractivity contribution in [2.45, 2.75) is 12.0 Å². The summed E-state index contributed by atoms with van der Waals surface area (Å²) in [6, 6.07) is 9.19. The molecule has 68 valence electrons. The van der Waals surface area contributed by atoms with E-state index in [9.17, 15) is 9.90 Å². The number of hydrogen-bond acceptors (Lipinski definition) is 3. The van der Waals surface area contributed by atoms with Crippen LogP contribution in [0, 0.1) is 0 Å². The van der Waals surface area contributed by atoms with Crippen molar-refractivity contribution < 1.29 is 14.6 Å². The van der Waals surface area contributed by atoms with E-state index in [0.29, 0.717) is 0 Å². The molecule has 1 aromatic rings. The van der Waals surface area contributed by atoms with E-state index < -0.39 is 12.0 Å². The predicted molar refractivity (Wildman–Crippen MR) is 46.1 cm³/mol. The molecule has 2 atom stereocenters. The largest absolute Gasteiger partial charge is 0.462 e. The van der Waals surface area contributed by atoms with Crippen LogP contribution in [0.4, 0.5) is 0 Å². The fraction of sp³-hybridized carbons (Fsp3) is 0.300. The van der Waals surface area contributed by atoms with Crippen LogP contribution in [0.3, 0.4) is 0 Å². The Labute approximate surface area is 76.0 Å². The lowest BCUT2D eigenvalue weighted by Gasteiger charge is -2.08. The first kappa shape index (κ1) is 8.26. The fourth-order valence-electron chi connectivity index (χ4n) is 1.53. The summed E-state index contributed by atoms with van der Waals surface area (Å²) >= 11 is 0. The molecule has 0 saturated carbocycles. The highest BCUT2D eigenvalue weighted by molar-refractivity contribution is 5.80. The Hall–Kier alpha value is -1.35. The van der Waals surface area contributed by atoms with Crippen molar-refractivity contribution >= 4 is 5.97 Å². The van der Waals surface area contributed by atoms with Gasteiger partial charge in [0.2, 0.25) is 0 Å². The topological polar surface area (TPSA) is 46.5 Å². The maximum atomic E-state index is 11.2. The molecule has 3 nitrogen and oxygen atoms in total. The van der Waals surface area contributed by atoms with Gasteiger partial charge in [-0.3, -0.25) is 4.79 Å². The molecule has 1 N–H and O–H groups in total. The van der Waals surface area contributed by atoms with Crippen molar-refractivity contribution in [2.75, 3.05) is 6.61 Å². The number of esters is 1. The number of benzene rings is 1. The summed E-state index contributed by atoms with van der Waals surface area (Å²) < 4.78 is 4.74. The SMILES string of the molecule is O=C1OCC(O)C1c1ccccc1. The van der Waals surface area contributed by atoms with Gasteiger partial charge in [-0.2, -0.15) is 0 Å². The quantitative estimate of drug-likeness (QED) is 0.643. The highest BCUT2D eigenvalue weighted by Gasteiger charge is 2.36. The number of cyclic esters (lactones) is 1. The second-order valence-corrected chi connectivity index (χ2v) is 3.09. The highest BCUT2D eigenvalue weighted by Crippen LogP contribution is 2.26. The van der Waals surface area contributed by atoms with E-state index in [1.807, 2.05) is 30.3 Å². The van der Waals surface area contributed by atoms with Crippen molar-refractivity contribution in [1.82, 2.24) is 0 Å². The molecule has 1 heterocycles.